The number of rotatable bonds is 4. The van der Waals surface area contributed by atoms with Crippen LogP contribution in [0.3, 0.4) is 0 Å². The number of nitrogens with zero attached hydrogens (tertiary/aromatic N) is 1. The van der Waals surface area contributed by atoms with Gasteiger partial charge in [-0.3, -0.25) is 0 Å². The maximum atomic E-state index is 6.17. The van der Waals surface area contributed by atoms with Crippen LogP contribution in [0.1, 0.15) is 32.1 Å². The summed E-state index contributed by atoms with van der Waals surface area (Å²) in [5.74, 6) is 1.45. The van der Waals surface area contributed by atoms with Gasteiger partial charge in [0.05, 0.1) is 5.02 Å². The van der Waals surface area contributed by atoms with E-state index in [1.165, 1.54) is 32.1 Å². The van der Waals surface area contributed by atoms with Gasteiger partial charge in [0.25, 0.3) is 0 Å². The lowest BCUT2D eigenvalue weighted by Gasteiger charge is -2.35. The minimum atomic E-state index is 0.206. The smallest absolute Gasteiger partial charge is 0.144 e. The molecular formula is C13H17BrCl2N2. The number of anilines is 1. The average Bonchev–Trinajstić information content (AvgIpc) is 2.39. The second kappa shape index (κ2) is 6.44. The van der Waals surface area contributed by atoms with Crippen molar-refractivity contribution in [3.63, 3.8) is 0 Å². The van der Waals surface area contributed by atoms with Crippen molar-refractivity contribution in [2.24, 2.45) is 5.41 Å². The highest BCUT2D eigenvalue weighted by atomic mass is 79.9. The zero-order valence-electron chi connectivity index (χ0n) is 10.2. The minimum Gasteiger partial charge on any atom is -0.368 e. The zero-order chi connectivity index (χ0) is 13.0. The van der Waals surface area contributed by atoms with Crippen LogP contribution in [0.15, 0.2) is 16.7 Å². The largest absolute Gasteiger partial charge is 0.368 e. The first-order chi connectivity index (χ1) is 8.65. The van der Waals surface area contributed by atoms with Crippen LogP contribution in [0, 0.1) is 5.41 Å². The normalized spacial score (nSPS) is 18.6. The highest BCUT2D eigenvalue weighted by Gasteiger charge is 2.31. The van der Waals surface area contributed by atoms with E-state index in [-0.39, 0.29) is 5.41 Å². The molecule has 0 aliphatic heterocycles. The molecule has 5 heteroatoms. The summed E-state index contributed by atoms with van der Waals surface area (Å²) >= 11 is 15.7. The van der Waals surface area contributed by atoms with Gasteiger partial charge in [0, 0.05) is 28.5 Å². The monoisotopic (exact) mass is 350 g/mol. The minimum absolute atomic E-state index is 0.206. The topological polar surface area (TPSA) is 24.9 Å². The van der Waals surface area contributed by atoms with Gasteiger partial charge in [-0.1, -0.05) is 30.9 Å². The molecule has 1 fully saturated rings. The van der Waals surface area contributed by atoms with Crippen LogP contribution in [0.2, 0.25) is 5.02 Å². The second-order valence-electron chi connectivity index (χ2n) is 5.03. The van der Waals surface area contributed by atoms with Gasteiger partial charge in [-0.05, 0) is 34.8 Å². The highest BCUT2D eigenvalue weighted by Crippen LogP contribution is 2.37. The summed E-state index contributed by atoms with van der Waals surface area (Å²) in [6, 6.07) is 1.85. The highest BCUT2D eigenvalue weighted by molar-refractivity contribution is 9.10. The molecule has 0 spiro atoms. The van der Waals surface area contributed by atoms with Crippen molar-refractivity contribution in [3.8, 4) is 0 Å². The Morgan fingerprint density at radius 2 is 2.06 bits per heavy atom. The quantitative estimate of drug-likeness (QED) is 0.763. The molecule has 0 radical (unpaired) electrons. The van der Waals surface area contributed by atoms with E-state index in [1.54, 1.807) is 6.20 Å². The fourth-order valence-corrected chi connectivity index (χ4v) is 3.53. The van der Waals surface area contributed by atoms with Crippen molar-refractivity contribution in [2.75, 3.05) is 17.7 Å². The zero-order valence-corrected chi connectivity index (χ0v) is 13.3. The lowest BCUT2D eigenvalue weighted by molar-refractivity contribution is 0.238. The van der Waals surface area contributed by atoms with E-state index in [1.807, 2.05) is 6.07 Å². The number of hydrogen-bond donors (Lipinski definition) is 1. The molecule has 0 unspecified atom stereocenters. The number of halogens is 3. The van der Waals surface area contributed by atoms with Crippen molar-refractivity contribution in [1.29, 1.82) is 0 Å². The molecule has 0 atom stereocenters. The van der Waals surface area contributed by atoms with Crippen molar-refractivity contribution in [1.82, 2.24) is 4.98 Å². The first-order valence-corrected chi connectivity index (χ1v) is 7.97. The molecule has 0 amide bonds. The fourth-order valence-electron chi connectivity index (χ4n) is 2.48. The molecule has 1 aromatic heterocycles. The van der Waals surface area contributed by atoms with Crippen molar-refractivity contribution >= 4 is 44.9 Å². The molecule has 1 saturated carbocycles. The maximum absolute atomic E-state index is 6.17. The van der Waals surface area contributed by atoms with Gasteiger partial charge in [-0.2, -0.15) is 0 Å². The van der Waals surface area contributed by atoms with E-state index in [9.17, 15) is 0 Å². The van der Waals surface area contributed by atoms with Crippen molar-refractivity contribution in [3.05, 3.63) is 21.8 Å². The predicted molar refractivity (Wildman–Crippen MR) is 81.7 cm³/mol. The summed E-state index contributed by atoms with van der Waals surface area (Å²) in [7, 11) is 0. The van der Waals surface area contributed by atoms with Gasteiger partial charge < -0.3 is 5.32 Å². The van der Waals surface area contributed by atoms with Gasteiger partial charge in [-0.25, -0.2) is 4.98 Å². The Kier molecular flexibility index (Phi) is 5.16. The third-order valence-electron chi connectivity index (χ3n) is 3.64. The summed E-state index contributed by atoms with van der Waals surface area (Å²) < 4.78 is 0.891. The van der Waals surface area contributed by atoms with Gasteiger partial charge in [-0.15, -0.1) is 11.6 Å². The molecule has 2 rings (SSSR count). The SMILES string of the molecule is ClCC1(CNc2ncc(Br)cc2Cl)CCCCC1. The number of pyridine rings is 1. The molecule has 1 N–H and O–H groups in total. The van der Waals surface area contributed by atoms with Crippen LogP contribution in [0.5, 0.6) is 0 Å². The number of aromatic nitrogens is 1. The van der Waals surface area contributed by atoms with E-state index >= 15 is 0 Å². The summed E-state index contributed by atoms with van der Waals surface area (Å²) in [5.41, 5.74) is 0.206. The fraction of sp³-hybridized carbons (Fsp3) is 0.615. The predicted octanol–water partition coefficient (Wildman–Crippen LogP) is 5.10. The lowest BCUT2D eigenvalue weighted by Crippen LogP contribution is -2.34. The molecule has 1 aliphatic rings. The van der Waals surface area contributed by atoms with Crippen LogP contribution >= 0.6 is 39.1 Å². The molecule has 0 aromatic carbocycles. The van der Waals surface area contributed by atoms with Crippen molar-refractivity contribution in [2.45, 2.75) is 32.1 Å². The molecule has 1 aliphatic carbocycles. The molecular weight excluding hydrogens is 335 g/mol. The van der Waals surface area contributed by atoms with E-state index < -0.39 is 0 Å². The maximum Gasteiger partial charge on any atom is 0.144 e. The molecule has 1 aromatic rings. The molecule has 2 nitrogen and oxygen atoms in total. The summed E-state index contributed by atoms with van der Waals surface area (Å²) in [6.07, 6.45) is 8.01. The Hall–Kier alpha value is 0.01000. The summed E-state index contributed by atoms with van der Waals surface area (Å²) in [5, 5.41) is 4.00. The van der Waals surface area contributed by atoms with E-state index in [0.717, 1.165) is 16.8 Å². The summed E-state index contributed by atoms with van der Waals surface area (Å²) in [6.45, 7) is 0.852. The number of nitrogens with one attached hydrogen (secondary N) is 1. The Morgan fingerprint density at radius 3 is 2.67 bits per heavy atom. The van der Waals surface area contributed by atoms with Crippen molar-refractivity contribution < 1.29 is 0 Å². The van der Waals surface area contributed by atoms with E-state index in [4.69, 9.17) is 23.2 Å². The third-order valence-corrected chi connectivity index (χ3v) is 4.93. The Balaban J connectivity index is 2.01. The van der Waals surface area contributed by atoms with Crippen LogP contribution < -0.4 is 5.32 Å². The number of alkyl halides is 1. The summed E-state index contributed by atoms with van der Waals surface area (Å²) in [4.78, 5) is 4.29. The van der Waals surface area contributed by atoms with E-state index in [0.29, 0.717) is 10.9 Å². The molecule has 100 valence electrons. The van der Waals surface area contributed by atoms with Crippen LogP contribution in [0.25, 0.3) is 0 Å². The lowest BCUT2D eigenvalue weighted by atomic mass is 9.75. The molecule has 18 heavy (non-hydrogen) atoms. The first-order valence-electron chi connectivity index (χ1n) is 6.26. The van der Waals surface area contributed by atoms with Gasteiger partial charge in [0.15, 0.2) is 0 Å². The van der Waals surface area contributed by atoms with E-state index in [2.05, 4.69) is 26.2 Å². The molecule has 0 saturated heterocycles. The Bertz CT molecular complexity index is 406. The first kappa shape index (κ1) is 14.4. The second-order valence-corrected chi connectivity index (χ2v) is 6.62. The standard InChI is InChI=1S/C13H17BrCl2N2/c14-10-6-11(16)12(17-7-10)18-9-13(8-15)4-2-1-3-5-13/h6-7H,1-5,8-9H2,(H,17,18). The molecule has 1 heterocycles. The molecule has 0 bridgehead atoms. The number of hydrogen-bond acceptors (Lipinski definition) is 2. The third kappa shape index (κ3) is 3.52. The average molecular weight is 352 g/mol. The van der Waals surface area contributed by atoms with Gasteiger partial charge in [0.1, 0.15) is 5.82 Å². The Labute approximate surface area is 127 Å². The van der Waals surface area contributed by atoms with Crippen LogP contribution in [-0.2, 0) is 0 Å². The Morgan fingerprint density at radius 1 is 1.33 bits per heavy atom. The van der Waals surface area contributed by atoms with Gasteiger partial charge >= 0.3 is 0 Å². The van der Waals surface area contributed by atoms with Gasteiger partial charge in [0.2, 0.25) is 0 Å². The van der Waals surface area contributed by atoms with Crippen LogP contribution in [-0.4, -0.2) is 17.4 Å². The van der Waals surface area contributed by atoms with Crippen LogP contribution in [0.4, 0.5) is 5.82 Å².